The Morgan fingerprint density at radius 1 is 1.21 bits per heavy atom. The molecule has 0 aliphatic heterocycles. The Kier molecular flexibility index (Phi) is 2.50. The Bertz CT molecular complexity index is 319. The molecule has 0 radical (unpaired) electrons. The molecule has 1 aromatic rings. The third kappa shape index (κ3) is 1.77. The lowest BCUT2D eigenvalue weighted by Crippen LogP contribution is -2.38. The van der Waals surface area contributed by atoms with Crippen molar-refractivity contribution in [2.24, 2.45) is 5.73 Å². The molecule has 2 N–H and O–H groups in total. The molecule has 1 aliphatic carbocycles. The molecule has 0 bridgehead atoms. The monoisotopic (exact) mass is 194 g/mol. The third-order valence-corrected chi connectivity index (χ3v) is 3.03. The quantitative estimate of drug-likeness (QED) is 0.745. The number of pyridine rings is 1. The maximum absolute atomic E-state index is 13.0. The van der Waals surface area contributed by atoms with Crippen molar-refractivity contribution in [3.8, 4) is 0 Å². The molecule has 0 aromatic carbocycles. The van der Waals surface area contributed by atoms with Gasteiger partial charge in [-0.1, -0.05) is 19.3 Å². The summed E-state index contributed by atoms with van der Waals surface area (Å²) in [5, 5.41) is 0. The Morgan fingerprint density at radius 3 is 2.57 bits per heavy atom. The van der Waals surface area contributed by atoms with Crippen LogP contribution >= 0.6 is 0 Å². The fourth-order valence-corrected chi connectivity index (χ4v) is 2.16. The molecule has 0 amide bonds. The zero-order valence-corrected chi connectivity index (χ0v) is 8.17. The summed E-state index contributed by atoms with van der Waals surface area (Å²) in [5.74, 6) is -0.294. The normalized spacial score (nSPS) is 20.7. The topological polar surface area (TPSA) is 38.9 Å². The fourth-order valence-electron chi connectivity index (χ4n) is 2.16. The summed E-state index contributed by atoms with van der Waals surface area (Å²) in [5.41, 5.74) is 6.75. The second-order valence-corrected chi connectivity index (χ2v) is 4.11. The van der Waals surface area contributed by atoms with Crippen LogP contribution in [0.5, 0.6) is 0 Å². The van der Waals surface area contributed by atoms with Gasteiger partial charge >= 0.3 is 0 Å². The molecule has 2 nitrogen and oxygen atoms in total. The Labute approximate surface area is 83.3 Å². The van der Waals surface area contributed by atoms with Gasteiger partial charge in [0.05, 0.1) is 6.20 Å². The Balaban J connectivity index is 2.28. The van der Waals surface area contributed by atoms with Crippen LogP contribution in [-0.4, -0.2) is 4.98 Å². The van der Waals surface area contributed by atoms with E-state index in [0.29, 0.717) is 0 Å². The summed E-state index contributed by atoms with van der Waals surface area (Å²) in [6, 6.07) is 1.51. The van der Waals surface area contributed by atoms with Crippen molar-refractivity contribution in [2.75, 3.05) is 0 Å². The lowest BCUT2D eigenvalue weighted by Gasteiger charge is -2.33. The van der Waals surface area contributed by atoms with Crippen molar-refractivity contribution in [1.29, 1.82) is 0 Å². The summed E-state index contributed by atoms with van der Waals surface area (Å²) in [6.45, 7) is 0. The van der Waals surface area contributed by atoms with E-state index >= 15 is 0 Å². The summed E-state index contributed by atoms with van der Waals surface area (Å²) < 4.78 is 13.0. The standard InChI is InChI=1S/C11H15FN2/c12-10-6-9(7-14-8-10)11(13)4-2-1-3-5-11/h6-8H,1-5,13H2. The van der Waals surface area contributed by atoms with E-state index in [1.54, 1.807) is 6.20 Å². The van der Waals surface area contributed by atoms with Gasteiger partial charge in [0.25, 0.3) is 0 Å². The molecule has 1 heterocycles. The van der Waals surface area contributed by atoms with Crippen molar-refractivity contribution >= 4 is 0 Å². The minimum Gasteiger partial charge on any atom is -0.321 e. The third-order valence-electron chi connectivity index (χ3n) is 3.03. The number of hydrogen-bond acceptors (Lipinski definition) is 2. The minimum absolute atomic E-state index is 0.294. The van der Waals surface area contributed by atoms with Gasteiger partial charge in [-0.2, -0.15) is 0 Å². The van der Waals surface area contributed by atoms with E-state index in [1.807, 2.05) is 0 Å². The van der Waals surface area contributed by atoms with Crippen molar-refractivity contribution in [3.05, 3.63) is 29.8 Å². The van der Waals surface area contributed by atoms with Crippen LogP contribution in [0.3, 0.4) is 0 Å². The first kappa shape index (κ1) is 9.59. The smallest absolute Gasteiger partial charge is 0.141 e. The van der Waals surface area contributed by atoms with Crippen molar-refractivity contribution in [2.45, 2.75) is 37.6 Å². The summed E-state index contributed by atoms with van der Waals surface area (Å²) in [6.07, 6.45) is 8.29. The zero-order chi connectivity index (χ0) is 10.0. The number of rotatable bonds is 1. The number of nitrogens with zero attached hydrogens (tertiary/aromatic N) is 1. The van der Waals surface area contributed by atoms with Crippen LogP contribution < -0.4 is 5.73 Å². The summed E-state index contributed by atoms with van der Waals surface area (Å²) >= 11 is 0. The Morgan fingerprint density at radius 2 is 1.93 bits per heavy atom. The molecular formula is C11H15FN2. The number of hydrogen-bond donors (Lipinski definition) is 1. The first-order valence-electron chi connectivity index (χ1n) is 5.11. The maximum atomic E-state index is 13.0. The van der Waals surface area contributed by atoms with Crippen LogP contribution in [0.4, 0.5) is 4.39 Å². The molecular weight excluding hydrogens is 179 g/mol. The minimum atomic E-state index is -0.340. The van der Waals surface area contributed by atoms with Gasteiger partial charge in [-0.3, -0.25) is 4.98 Å². The molecule has 14 heavy (non-hydrogen) atoms. The number of halogens is 1. The average molecular weight is 194 g/mol. The molecule has 2 rings (SSSR count). The summed E-state index contributed by atoms with van der Waals surface area (Å²) in [7, 11) is 0. The first-order valence-corrected chi connectivity index (χ1v) is 5.11. The van der Waals surface area contributed by atoms with E-state index in [2.05, 4.69) is 4.98 Å². The fraction of sp³-hybridized carbons (Fsp3) is 0.545. The van der Waals surface area contributed by atoms with E-state index in [-0.39, 0.29) is 11.4 Å². The average Bonchev–Trinajstić information content (AvgIpc) is 2.19. The zero-order valence-electron chi connectivity index (χ0n) is 8.17. The second-order valence-electron chi connectivity index (χ2n) is 4.11. The van der Waals surface area contributed by atoms with Gasteiger partial charge in [-0.25, -0.2) is 4.39 Å². The van der Waals surface area contributed by atoms with Gasteiger partial charge in [0.15, 0.2) is 0 Å². The summed E-state index contributed by atoms with van der Waals surface area (Å²) in [4.78, 5) is 3.85. The van der Waals surface area contributed by atoms with Crippen molar-refractivity contribution in [3.63, 3.8) is 0 Å². The van der Waals surface area contributed by atoms with Crippen LogP contribution in [0.2, 0.25) is 0 Å². The lowest BCUT2D eigenvalue weighted by atomic mass is 9.78. The molecule has 1 saturated carbocycles. The van der Waals surface area contributed by atoms with Gasteiger partial charge in [-0.15, -0.1) is 0 Å². The molecule has 0 saturated heterocycles. The predicted octanol–water partition coefficient (Wildman–Crippen LogP) is 2.34. The molecule has 1 fully saturated rings. The van der Waals surface area contributed by atoms with E-state index in [1.165, 1.54) is 18.7 Å². The van der Waals surface area contributed by atoms with Crippen molar-refractivity contribution < 1.29 is 4.39 Å². The first-order chi connectivity index (χ1) is 6.71. The van der Waals surface area contributed by atoms with Crippen LogP contribution in [0, 0.1) is 5.82 Å². The highest BCUT2D eigenvalue weighted by molar-refractivity contribution is 5.21. The van der Waals surface area contributed by atoms with E-state index in [0.717, 1.165) is 31.2 Å². The molecule has 0 atom stereocenters. The molecule has 1 aliphatic rings. The van der Waals surface area contributed by atoms with Crippen molar-refractivity contribution in [1.82, 2.24) is 4.98 Å². The highest BCUT2D eigenvalue weighted by Crippen LogP contribution is 2.34. The van der Waals surface area contributed by atoms with Gasteiger partial charge in [-0.05, 0) is 24.5 Å². The van der Waals surface area contributed by atoms with E-state index in [9.17, 15) is 4.39 Å². The molecule has 3 heteroatoms. The highest BCUT2D eigenvalue weighted by Gasteiger charge is 2.29. The molecule has 0 unspecified atom stereocenters. The Hall–Kier alpha value is -0.960. The molecule has 76 valence electrons. The highest BCUT2D eigenvalue weighted by atomic mass is 19.1. The van der Waals surface area contributed by atoms with Gasteiger partial charge in [0.2, 0.25) is 0 Å². The van der Waals surface area contributed by atoms with E-state index < -0.39 is 0 Å². The van der Waals surface area contributed by atoms with Crippen LogP contribution in [-0.2, 0) is 5.54 Å². The molecule has 1 aromatic heterocycles. The van der Waals surface area contributed by atoms with Crippen LogP contribution in [0.15, 0.2) is 18.5 Å². The van der Waals surface area contributed by atoms with Gasteiger partial charge in [0, 0.05) is 11.7 Å². The van der Waals surface area contributed by atoms with Gasteiger partial charge < -0.3 is 5.73 Å². The predicted molar refractivity (Wildman–Crippen MR) is 53.1 cm³/mol. The SMILES string of the molecule is NC1(c2cncc(F)c2)CCCCC1. The second kappa shape index (κ2) is 3.65. The molecule has 0 spiro atoms. The number of nitrogens with two attached hydrogens (primary N) is 1. The van der Waals surface area contributed by atoms with Gasteiger partial charge in [0.1, 0.15) is 5.82 Å². The number of aromatic nitrogens is 1. The lowest BCUT2D eigenvalue weighted by molar-refractivity contribution is 0.300. The van der Waals surface area contributed by atoms with E-state index in [4.69, 9.17) is 5.73 Å². The maximum Gasteiger partial charge on any atom is 0.141 e. The van der Waals surface area contributed by atoms with Crippen LogP contribution in [0.25, 0.3) is 0 Å². The largest absolute Gasteiger partial charge is 0.321 e. The van der Waals surface area contributed by atoms with Crippen LogP contribution in [0.1, 0.15) is 37.7 Å².